The summed E-state index contributed by atoms with van der Waals surface area (Å²) >= 11 is 6.28. The van der Waals surface area contributed by atoms with E-state index in [4.69, 9.17) is 9.05 Å². The summed E-state index contributed by atoms with van der Waals surface area (Å²) in [7, 11) is -3.51. The minimum Gasteiger partial charge on any atom is -0.357 e. The maximum atomic E-state index is 15.3. The van der Waals surface area contributed by atoms with Gasteiger partial charge in [-0.25, -0.2) is 0 Å². The molecule has 0 aromatic heterocycles. The lowest BCUT2D eigenvalue weighted by Gasteiger charge is -2.27. The molecule has 0 fully saturated rings. The Morgan fingerprint density at radius 1 is 0.955 bits per heavy atom. The molecule has 0 bridgehead atoms. The predicted molar refractivity (Wildman–Crippen MR) is 158 cm³/mol. The third-order valence-corrected chi connectivity index (χ3v) is 9.90. The van der Waals surface area contributed by atoms with E-state index in [-0.39, 0.29) is 36.1 Å². The number of likely N-dealkylation sites (N-methyl/N-ethyl adjacent to an activating group) is 1. The molecule has 242 valence electrons. The third-order valence-electron chi connectivity index (χ3n) is 6.66. The number of amides is 2. The smallest absolute Gasteiger partial charge is 0.357 e. The van der Waals surface area contributed by atoms with Crippen molar-refractivity contribution >= 4 is 51.3 Å². The second kappa shape index (κ2) is 14.0. The second-order valence-corrected chi connectivity index (χ2v) is 13.7. The van der Waals surface area contributed by atoms with Crippen molar-refractivity contribution in [3.63, 3.8) is 0 Å². The van der Waals surface area contributed by atoms with Gasteiger partial charge in [0.1, 0.15) is 6.04 Å². The molecule has 0 unspecified atom stereocenters. The van der Waals surface area contributed by atoms with E-state index in [0.29, 0.717) is 15.6 Å². The third kappa shape index (κ3) is 7.75. The summed E-state index contributed by atoms with van der Waals surface area (Å²) in [5.74, 6) is -1.91. The van der Waals surface area contributed by atoms with E-state index < -0.39 is 54.4 Å². The number of nitrogens with one attached hydrogen (secondary N) is 2. The number of nitrogens with zero attached hydrogens (tertiary/aromatic N) is 2. The van der Waals surface area contributed by atoms with E-state index >= 15 is 8.78 Å². The summed E-state index contributed by atoms with van der Waals surface area (Å²) in [6.45, 7) is 3.83. The summed E-state index contributed by atoms with van der Waals surface area (Å²) in [5, 5.41) is 11.5. The summed E-state index contributed by atoms with van der Waals surface area (Å²) in [6, 6.07) is 6.63. The highest BCUT2D eigenvalue weighted by molar-refractivity contribution is 9.10. The highest BCUT2D eigenvalue weighted by Crippen LogP contribution is 2.67. The Kier molecular flexibility index (Phi) is 11.5. The number of halogens is 7. The van der Waals surface area contributed by atoms with Crippen molar-refractivity contribution in [3.05, 3.63) is 67.6 Å². The number of alkyl halides is 5. The van der Waals surface area contributed by atoms with Gasteiger partial charge in [0.15, 0.2) is 0 Å². The lowest BCUT2D eigenvalue weighted by atomic mass is 9.94. The van der Waals surface area contributed by atoms with Crippen LogP contribution in [0.5, 0.6) is 0 Å². The normalized spacial score (nSPS) is 15.9. The molecular weight excluding hydrogens is 746 g/mol. The van der Waals surface area contributed by atoms with Crippen LogP contribution in [0.4, 0.5) is 22.0 Å². The molecule has 2 amide bonds. The fourth-order valence-corrected chi connectivity index (χ4v) is 7.35. The number of carbonyl (C=O) groups excluding carboxylic acids is 2. The van der Waals surface area contributed by atoms with Gasteiger partial charge in [-0.2, -0.15) is 22.0 Å². The number of hydrogen-bond acceptors (Lipinski definition) is 7. The first kappa shape index (κ1) is 36.2. The van der Waals surface area contributed by atoms with Gasteiger partial charge in [-0.05, 0) is 49.6 Å². The summed E-state index contributed by atoms with van der Waals surface area (Å²) in [4.78, 5) is 25.8. The molecule has 1 aliphatic rings. The van der Waals surface area contributed by atoms with Crippen molar-refractivity contribution < 1.29 is 45.2 Å². The fraction of sp³-hybridized carbons (Fsp3) is 0.481. The zero-order chi connectivity index (χ0) is 33.1. The van der Waals surface area contributed by atoms with Crippen LogP contribution in [0.2, 0.25) is 0 Å². The van der Waals surface area contributed by atoms with Crippen LogP contribution in [-0.2, 0) is 47.4 Å². The SMILES string of the molecule is CCOP(=O)(OCC)C(F)(F)c1ccc(C[C@H](NC(=O)[C@@H](C)Cc2cc(Br)cc(C3(C(F)(F)F)N=N3)c2)C(=O)NC)cc1Br. The van der Waals surface area contributed by atoms with E-state index in [0.717, 1.165) is 6.07 Å². The molecule has 0 saturated heterocycles. The molecular formula is C27H30Br2F5N4O5P. The molecule has 0 saturated carbocycles. The van der Waals surface area contributed by atoms with Gasteiger partial charge in [0.05, 0.1) is 13.2 Å². The molecule has 17 heteroatoms. The van der Waals surface area contributed by atoms with E-state index in [1.807, 2.05) is 0 Å². The average Bonchev–Trinajstić information content (AvgIpc) is 3.75. The van der Waals surface area contributed by atoms with Gasteiger partial charge in [0, 0.05) is 39.5 Å². The summed E-state index contributed by atoms with van der Waals surface area (Å²) in [6.07, 6.45) is -4.79. The van der Waals surface area contributed by atoms with Crippen molar-refractivity contribution in [2.24, 2.45) is 16.1 Å². The van der Waals surface area contributed by atoms with Crippen LogP contribution >= 0.6 is 39.5 Å². The van der Waals surface area contributed by atoms with Crippen molar-refractivity contribution in [1.82, 2.24) is 10.6 Å². The van der Waals surface area contributed by atoms with E-state index in [1.165, 1.54) is 45.2 Å². The van der Waals surface area contributed by atoms with Gasteiger partial charge in [0.25, 0.3) is 0 Å². The molecule has 1 aliphatic heterocycles. The lowest BCUT2D eigenvalue weighted by Crippen LogP contribution is -2.48. The van der Waals surface area contributed by atoms with Crippen LogP contribution < -0.4 is 10.6 Å². The van der Waals surface area contributed by atoms with E-state index in [1.54, 1.807) is 13.0 Å². The maximum absolute atomic E-state index is 15.3. The van der Waals surface area contributed by atoms with E-state index in [2.05, 4.69) is 52.7 Å². The number of rotatable bonds is 14. The first-order valence-corrected chi connectivity index (χ1v) is 16.5. The molecule has 1 heterocycles. The molecule has 0 spiro atoms. The minimum absolute atomic E-state index is 0.0295. The summed E-state index contributed by atoms with van der Waals surface area (Å²) < 4.78 is 93.9. The monoisotopic (exact) mass is 774 g/mol. The Balaban J connectivity index is 1.77. The van der Waals surface area contributed by atoms with Gasteiger partial charge < -0.3 is 19.7 Å². The van der Waals surface area contributed by atoms with Crippen molar-refractivity contribution in [2.75, 3.05) is 20.3 Å². The second-order valence-electron chi connectivity index (χ2n) is 9.89. The zero-order valence-electron chi connectivity index (χ0n) is 24.0. The lowest BCUT2D eigenvalue weighted by molar-refractivity contribution is -0.166. The van der Waals surface area contributed by atoms with Gasteiger partial charge in [0.2, 0.25) is 11.8 Å². The van der Waals surface area contributed by atoms with Crippen molar-refractivity contribution in [3.8, 4) is 0 Å². The average molecular weight is 776 g/mol. The van der Waals surface area contributed by atoms with E-state index in [9.17, 15) is 27.3 Å². The molecule has 2 aromatic rings. The van der Waals surface area contributed by atoms with Gasteiger partial charge >= 0.3 is 25.1 Å². The van der Waals surface area contributed by atoms with Crippen LogP contribution in [0.15, 0.2) is 55.6 Å². The van der Waals surface area contributed by atoms with Crippen LogP contribution in [0.3, 0.4) is 0 Å². The number of carbonyl (C=O) groups is 2. The molecule has 2 aromatic carbocycles. The molecule has 3 rings (SSSR count). The Bertz CT molecular complexity index is 1460. The largest absolute Gasteiger partial charge is 0.442 e. The zero-order valence-corrected chi connectivity index (χ0v) is 28.0. The van der Waals surface area contributed by atoms with Gasteiger partial charge in [-0.15, -0.1) is 10.2 Å². The van der Waals surface area contributed by atoms with Crippen molar-refractivity contribution in [1.29, 1.82) is 0 Å². The highest BCUT2D eigenvalue weighted by Gasteiger charge is 2.65. The molecule has 44 heavy (non-hydrogen) atoms. The Hall–Kier alpha value is -2.26. The molecule has 9 nitrogen and oxygen atoms in total. The van der Waals surface area contributed by atoms with Crippen molar-refractivity contribution in [2.45, 2.75) is 57.2 Å². The van der Waals surface area contributed by atoms with Gasteiger partial charge in [-0.1, -0.05) is 57.0 Å². The molecule has 2 atom stereocenters. The molecule has 2 N–H and O–H groups in total. The highest BCUT2D eigenvalue weighted by atomic mass is 79.9. The predicted octanol–water partition coefficient (Wildman–Crippen LogP) is 7.36. The number of hydrogen-bond donors (Lipinski definition) is 2. The topological polar surface area (TPSA) is 118 Å². The minimum atomic E-state index is -4.87. The molecule has 0 radical (unpaired) electrons. The number of benzene rings is 2. The molecule has 0 aliphatic carbocycles. The Labute approximate surface area is 267 Å². The van der Waals surface area contributed by atoms with Gasteiger partial charge in [-0.3, -0.25) is 14.2 Å². The standard InChI is InChI=1S/C27H30Br2F5N4O5P/c1-5-42-44(41,43-6-2)26(30,31)20-8-7-16(12-21(20)29)13-22(24(40)35-4)36-23(39)15(3)9-17-10-18(14-19(28)11-17)25(37-38-25)27(32,33)34/h7-8,10-12,14-15,22H,5-6,9,13H2,1-4H3,(H,35,40)(H,36,39)/t15-,22-/m0/s1. The van der Waals surface area contributed by atoms with Crippen LogP contribution in [0.1, 0.15) is 43.0 Å². The first-order valence-electron chi connectivity index (χ1n) is 13.3. The Morgan fingerprint density at radius 2 is 1.57 bits per heavy atom. The summed E-state index contributed by atoms with van der Waals surface area (Å²) in [5.41, 5.74) is -6.67. The van der Waals surface area contributed by atoms with Crippen LogP contribution in [0, 0.1) is 5.92 Å². The van der Waals surface area contributed by atoms with Crippen LogP contribution in [-0.4, -0.2) is 44.3 Å². The fourth-order valence-electron chi connectivity index (χ4n) is 4.41. The first-order chi connectivity index (χ1) is 20.4. The van der Waals surface area contributed by atoms with Crippen LogP contribution in [0.25, 0.3) is 0 Å². The maximum Gasteiger partial charge on any atom is 0.442 e. The Morgan fingerprint density at radius 3 is 2.07 bits per heavy atom. The quantitative estimate of drug-likeness (QED) is 0.154.